The molecule has 2 N–H and O–H groups in total. The van der Waals surface area contributed by atoms with Crippen molar-refractivity contribution in [1.29, 1.82) is 0 Å². The molecule has 18 heavy (non-hydrogen) atoms. The van der Waals surface area contributed by atoms with Gasteiger partial charge in [-0.05, 0) is 38.0 Å². The van der Waals surface area contributed by atoms with Gasteiger partial charge >= 0.3 is 5.97 Å². The van der Waals surface area contributed by atoms with Crippen molar-refractivity contribution >= 4 is 33.5 Å². The Bertz CT molecular complexity index is 394. The fraction of sp³-hybridized carbons (Fsp3) is 0.462. The minimum Gasteiger partial charge on any atom is -0.480 e. The van der Waals surface area contributed by atoms with E-state index in [9.17, 15) is 4.79 Å². The van der Waals surface area contributed by atoms with Gasteiger partial charge in [0.2, 0.25) is 0 Å². The Labute approximate surface area is 121 Å². The topological polar surface area (TPSA) is 49.3 Å². The fourth-order valence-electron chi connectivity index (χ4n) is 1.71. The van der Waals surface area contributed by atoms with Crippen molar-refractivity contribution in [3.8, 4) is 0 Å². The van der Waals surface area contributed by atoms with Gasteiger partial charge in [-0.15, -0.1) is 11.6 Å². The summed E-state index contributed by atoms with van der Waals surface area (Å²) in [6.07, 6.45) is 0.401. The molecular formula is C13H17BrClNO2. The lowest BCUT2D eigenvalue weighted by molar-refractivity contribution is -0.139. The average molecular weight is 335 g/mol. The molecule has 0 aliphatic carbocycles. The molecule has 0 fully saturated rings. The molecule has 0 saturated heterocycles. The molecule has 1 aromatic carbocycles. The van der Waals surface area contributed by atoms with Gasteiger partial charge in [-0.2, -0.15) is 0 Å². The number of hydrogen-bond acceptors (Lipinski definition) is 2. The predicted octanol–water partition coefficient (Wildman–Crippen LogP) is 3.57. The molecule has 5 heteroatoms. The number of aliphatic carboxylic acids is 1. The van der Waals surface area contributed by atoms with Gasteiger partial charge in [-0.25, -0.2) is 0 Å². The number of rotatable bonds is 6. The SMILES string of the molecule is CC(Cl)C[C@H](N[C@H](C)c1ccc(Br)cc1)C(=O)O. The molecule has 0 aromatic heterocycles. The molecule has 3 nitrogen and oxygen atoms in total. The summed E-state index contributed by atoms with van der Waals surface area (Å²) in [5.74, 6) is -0.869. The van der Waals surface area contributed by atoms with Gasteiger partial charge in [0.05, 0.1) is 0 Å². The van der Waals surface area contributed by atoms with Crippen LogP contribution < -0.4 is 5.32 Å². The number of alkyl halides is 1. The molecule has 3 atom stereocenters. The van der Waals surface area contributed by atoms with Gasteiger partial charge in [0.25, 0.3) is 0 Å². The molecule has 0 bridgehead atoms. The zero-order chi connectivity index (χ0) is 13.7. The lowest BCUT2D eigenvalue weighted by Crippen LogP contribution is -2.39. The summed E-state index contributed by atoms with van der Waals surface area (Å²) in [6, 6.07) is 7.14. The largest absolute Gasteiger partial charge is 0.480 e. The van der Waals surface area contributed by atoms with Crippen LogP contribution in [0.5, 0.6) is 0 Å². The molecule has 0 heterocycles. The summed E-state index contributed by atoms with van der Waals surface area (Å²) in [5, 5.41) is 12.0. The van der Waals surface area contributed by atoms with Crippen molar-refractivity contribution in [1.82, 2.24) is 5.32 Å². The number of carbonyl (C=O) groups is 1. The van der Waals surface area contributed by atoms with Crippen molar-refractivity contribution in [2.75, 3.05) is 0 Å². The highest BCUT2D eigenvalue weighted by molar-refractivity contribution is 9.10. The number of benzene rings is 1. The molecule has 0 amide bonds. The summed E-state index contributed by atoms with van der Waals surface area (Å²) >= 11 is 9.23. The third-order valence-corrected chi connectivity index (χ3v) is 3.39. The van der Waals surface area contributed by atoms with Crippen LogP contribution in [0.2, 0.25) is 0 Å². The second-order valence-corrected chi connectivity index (χ2v) is 6.01. The Morgan fingerprint density at radius 3 is 2.39 bits per heavy atom. The van der Waals surface area contributed by atoms with E-state index in [-0.39, 0.29) is 11.4 Å². The Balaban J connectivity index is 2.68. The molecule has 0 spiro atoms. The van der Waals surface area contributed by atoms with E-state index in [1.54, 1.807) is 6.92 Å². The van der Waals surface area contributed by atoms with Crippen molar-refractivity contribution in [3.63, 3.8) is 0 Å². The molecular weight excluding hydrogens is 318 g/mol. The van der Waals surface area contributed by atoms with Crippen LogP contribution in [-0.4, -0.2) is 22.5 Å². The normalized spacial score (nSPS) is 16.0. The maximum atomic E-state index is 11.1. The van der Waals surface area contributed by atoms with E-state index in [1.165, 1.54) is 0 Å². The highest BCUT2D eigenvalue weighted by atomic mass is 79.9. The molecule has 0 aliphatic heterocycles. The molecule has 0 saturated carbocycles. The van der Waals surface area contributed by atoms with Gasteiger partial charge < -0.3 is 5.11 Å². The Morgan fingerprint density at radius 2 is 1.94 bits per heavy atom. The summed E-state index contributed by atoms with van der Waals surface area (Å²) < 4.78 is 1.00. The Morgan fingerprint density at radius 1 is 1.39 bits per heavy atom. The van der Waals surface area contributed by atoms with Gasteiger partial charge in [0.15, 0.2) is 0 Å². The minimum atomic E-state index is -0.869. The van der Waals surface area contributed by atoms with Crippen LogP contribution in [-0.2, 0) is 4.79 Å². The lowest BCUT2D eigenvalue weighted by atomic mass is 10.1. The van der Waals surface area contributed by atoms with Crippen LogP contribution >= 0.6 is 27.5 Å². The van der Waals surface area contributed by atoms with Crippen molar-refractivity contribution in [2.45, 2.75) is 37.7 Å². The van der Waals surface area contributed by atoms with Gasteiger partial charge in [-0.3, -0.25) is 10.1 Å². The Hall–Kier alpha value is -0.580. The monoisotopic (exact) mass is 333 g/mol. The van der Waals surface area contributed by atoms with Crippen LogP contribution in [0.25, 0.3) is 0 Å². The van der Waals surface area contributed by atoms with Gasteiger partial charge in [-0.1, -0.05) is 28.1 Å². The fourth-order valence-corrected chi connectivity index (χ4v) is 2.16. The first kappa shape index (κ1) is 15.5. The second kappa shape index (κ2) is 7.12. The standard InChI is InChI=1S/C13H17BrClNO2/c1-8(15)7-12(13(17)18)16-9(2)10-3-5-11(14)6-4-10/h3-6,8-9,12,16H,7H2,1-2H3,(H,17,18)/t8?,9-,12+/m1/s1. The third-order valence-electron chi connectivity index (χ3n) is 2.68. The summed E-state index contributed by atoms with van der Waals surface area (Å²) in [6.45, 7) is 3.74. The first-order valence-corrected chi connectivity index (χ1v) is 7.01. The number of halogens is 2. The summed E-state index contributed by atoms with van der Waals surface area (Å²) in [7, 11) is 0. The highest BCUT2D eigenvalue weighted by Crippen LogP contribution is 2.18. The van der Waals surface area contributed by atoms with E-state index in [0.717, 1.165) is 10.0 Å². The third kappa shape index (κ3) is 4.96. The van der Waals surface area contributed by atoms with Crippen molar-refractivity contribution in [2.24, 2.45) is 0 Å². The zero-order valence-corrected chi connectivity index (χ0v) is 12.7. The van der Waals surface area contributed by atoms with Gasteiger partial charge in [0, 0.05) is 15.9 Å². The van der Waals surface area contributed by atoms with Gasteiger partial charge in [0.1, 0.15) is 6.04 Å². The van der Waals surface area contributed by atoms with E-state index in [0.29, 0.717) is 6.42 Å². The van der Waals surface area contributed by atoms with Crippen LogP contribution in [0.1, 0.15) is 31.9 Å². The Kier molecular flexibility index (Phi) is 6.12. The van der Waals surface area contributed by atoms with Crippen LogP contribution in [0, 0.1) is 0 Å². The lowest BCUT2D eigenvalue weighted by Gasteiger charge is -2.21. The number of hydrogen-bond donors (Lipinski definition) is 2. The first-order chi connectivity index (χ1) is 8.40. The van der Waals surface area contributed by atoms with Crippen LogP contribution in [0.15, 0.2) is 28.7 Å². The quantitative estimate of drug-likeness (QED) is 0.782. The predicted molar refractivity (Wildman–Crippen MR) is 77.0 cm³/mol. The zero-order valence-electron chi connectivity index (χ0n) is 10.4. The second-order valence-electron chi connectivity index (χ2n) is 4.35. The van der Waals surface area contributed by atoms with E-state index in [1.807, 2.05) is 31.2 Å². The molecule has 0 aliphatic rings. The first-order valence-electron chi connectivity index (χ1n) is 5.78. The van der Waals surface area contributed by atoms with Crippen LogP contribution in [0.3, 0.4) is 0 Å². The van der Waals surface area contributed by atoms with Crippen molar-refractivity contribution in [3.05, 3.63) is 34.3 Å². The summed E-state index contributed by atoms with van der Waals surface area (Å²) in [5.41, 5.74) is 1.05. The number of nitrogens with one attached hydrogen (secondary N) is 1. The summed E-state index contributed by atoms with van der Waals surface area (Å²) in [4.78, 5) is 11.1. The molecule has 100 valence electrons. The minimum absolute atomic E-state index is 0.0328. The maximum Gasteiger partial charge on any atom is 0.320 e. The van der Waals surface area contributed by atoms with E-state index in [2.05, 4.69) is 21.2 Å². The van der Waals surface area contributed by atoms with E-state index in [4.69, 9.17) is 16.7 Å². The molecule has 0 radical (unpaired) electrons. The molecule has 1 unspecified atom stereocenters. The average Bonchev–Trinajstić information content (AvgIpc) is 2.28. The van der Waals surface area contributed by atoms with Crippen LogP contribution in [0.4, 0.5) is 0 Å². The smallest absolute Gasteiger partial charge is 0.320 e. The highest BCUT2D eigenvalue weighted by Gasteiger charge is 2.21. The maximum absolute atomic E-state index is 11.1. The number of carboxylic acid groups (broad SMARTS) is 1. The van der Waals surface area contributed by atoms with E-state index < -0.39 is 12.0 Å². The number of carboxylic acids is 1. The molecule has 1 aromatic rings. The molecule has 1 rings (SSSR count). The van der Waals surface area contributed by atoms with Crippen molar-refractivity contribution < 1.29 is 9.90 Å². The van der Waals surface area contributed by atoms with E-state index >= 15 is 0 Å².